The molecule has 1 aliphatic heterocycles. The normalized spacial score (nSPS) is 33.0. The summed E-state index contributed by atoms with van der Waals surface area (Å²) >= 11 is 0. The number of aliphatic hydroxyl groups is 4. The van der Waals surface area contributed by atoms with E-state index in [1.807, 2.05) is 0 Å². The lowest BCUT2D eigenvalue weighted by Gasteiger charge is -2.69. The lowest BCUT2D eigenvalue weighted by molar-refractivity contribution is -0.365. The van der Waals surface area contributed by atoms with Crippen molar-refractivity contribution in [1.29, 1.82) is 0 Å². The first kappa shape index (κ1) is 44.6. The fourth-order valence-electron chi connectivity index (χ4n) is 10.4. The van der Waals surface area contributed by atoms with Crippen molar-refractivity contribution in [2.45, 2.75) is 114 Å². The molecule has 0 spiro atoms. The number of hydrogen-bond donors (Lipinski definition) is 5. The molecule has 1 saturated heterocycles. The van der Waals surface area contributed by atoms with Gasteiger partial charge in [-0.25, -0.2) is 9.59 Å². The number of ether oxygens (including phenoxy) is 5. The summed E-state index contributed by atoms with van der Waals surface area (Å²) in [5.41, 5.74) is -6.46. The van der Waals surface area contributed by atoms with Crippen LogP contribution in [-0.2, 0) is 38.1 Å². The molecule has 330 valence electrons. The van der Waals surface area contributed by atoms with E-state index >= 15 is 0 Å². The van der Waals surface area contributed by atoms with E-state index in [9.17, 15) is 44.4 Å². The number of carbonyl (C=O) groups excluding carboxylic acids is 5. The highest BCUT2D eigenvalue weighted by Crippen LogP contribution is 2.65. The minimum Gasteiger partial charge on any atom is -0.456 e. The monoisotopic (exact) mass is 855 g/mol. The summed E-state index contributed by atoms with van der Waals surface area (Å²) in [7, 11) is 0. The van der Waals surface area contributed by atoms with Gasteiger partial charge in [0.2, 0.25) is 0 Å². The summed E-state index contributed by atoms with van der Waals surface area (Å²) in [6.45, 7) is 8.30. The van der Waals surface area contributed by atoms with E-state index < -0.39 is 113 Å². The number of nitrogens with one attached hydrogen (secondary N) is 1. The smallest absolute Gasteiger partial charge is 0.338 e. The molecule has 0 radical (unpaired) electrons. The van der Waals surface area contributed by atoms with Crippen molar-refractivity contribution in [2.24, 2.45) is 16.7 Å². The minimum atomic E-state index is -2.35. The Morgan fingerprint density at radius 1 is 0.806 bits per heavy atom. The number of carbonyl (C=O) groups is 5. The van der Waals surface area contributed by atoms with Crippen LogP contribution in [0.15, 0.2) is 102 Å². The number of fused-ring (bicyclic) bond motifs is 5. The molecule has 3 aromatic carbocycles. The van der Waals surface area contributed by atoms with Gasteiger partial charge in [-0.05, 0) is 47.9 Å². The van der Waals surface area contributed by atoms with Gasteiger partial charge in [0.05, 0.1) is 30.2 Å². The van der Waals surface area contributed by atoms with Crippen molar-refractivity contribution in [3.8, 4) is 0 Å². The molecule has 1 heterocycles. The Morgan fingerprint density at radius 2 is 1.39 bits per heavy atom. The Kier molecular flexibility index (Phi) is 12.0. The molecule has 2 saturated carbocycles. The first-order chi connectivity index (χ1) is 29.3. The lowest BCUT2D eigenvalue weighted by Crippen LogP contribution is -2.82. The molecule has 0 unspecified atom stereocenters. The van der Waals surface area contributed by atoms with Crippen LogP contribution in [0.3, 0.4) is 0 Å². The van der Waals surface area contributed by atoms with E-state index in [0.717, 1.165) is 6.92 Å². The number of benzene rings is 3. The van der Waals surface area contributed by atoms with Crippen LogP contribution in [0.5, 0.6) is 0 Å². The summed E-state index contributed by atoms with van der Waals surface area (Å²) in [6.07, 6.45) is -11.8. The second kappa shape index (κ2) is 16.7. The molecule has 1 amide bonds. The number of aliphatic hydroxyl groups excluding tert-OH is 3. The SMILES string of the molecule is CC(=O)O[C@H]1C2=C(C)[C@@H](OC(=O)[C@H](O)[C@@H](NC(=O)c3ccccc3)c3ccccc3)C[C@@](O)([C@@H](OC(=O)c3ccccc3)[C@@H]3[C@]4(OC(C)=O)CO[C@@H]4C[C@H](O)[C@@]3(C)[C@H]1O)C2(C)C. The first-order valence-corrected chi connectivity index (χ1v) is 20.6. The van der Waals surface area contributed by atoms with E-state index in [-0.39, 0.29) is 35.3 Å². The van der Waals surface area contributed by atoms with Gasteiger partial charge in [0, 0.05) is 43.1 Å². The van der Waals surface area contributed by atoms with Gasteiger partial charge in [0.25, 0.3) is 5.91 Å². The molecular formula is C47H53NO14. The van der Waals surface area contributed by atoms with Crippen molar-refractivity contribution >= 4 is 29.8 Å². The molecule has 3 aromatic rings. The molecule has 7 rings (SSSR count). The molecule has 5 N–H and O–H groups in total. The summed E-state index contributed by atoms with van der Waals surface area (Å²) in [5, 5.41) is 53.2. The molecule has 3 fully saturated rings. The topological polar surface area (TPSA) is 224 Å². The number of hydrogen-bond acceptors (Lipinski definition) is 14. The van der Waals surface area contributed by atoms with Gasteiger partial charge in [-0.15, -0.1) is 0 Å². The van der Waals surface area contributed by atoms with Crippen molar-refractivity contribution in [2.75, 3.05) is 6.61 Å². The van der Waals surface area contributed by atoms with E-state index in [4.69, 9.17) is 23.7 Å². The van der Waals surface area contributed by atoms with Crippen molar-refractivity contribution in [3.05, 3.63) is 119 Å². The summed E-state index contributed by atoms with van der Waals surface area (Å²) in [5.74, 6) is -5.73. The van der Waals surface area contributed by atoms with Crippen molar-refractivity contribution in [3.63, 3.8) is 0 Å². The van der Waals surface area contributed by atoms with E-state index in [2.05, 4.69) is 5.32 Å². The Morgan fingerprint density at radius 3 is 1.94 bits per heavy atom. The predicted molar refractivity (Wildman–Crippen MR) is 219 cm³/mol. The highest BCUT2D eigenvalue weighted by Gasteiger charge is 2.78. The third-order valence-electron chi connectivity index (χ3n) is 13.7. The van der Waals surface area contributed by atoms with Crippen LogP contribution in [0.1, 0.15) is 86.7 Å². The largest absolute Gasteiger partial charge is 0.456 e. The first-order valence-electron chi connectivity index (χ1n) is 20.6. The second-order valence-corrected chi connectivity index (χ2v) is 17.6. The molecule has 62 heavy (non-hydrogen) atoms. The van der Waals surface area contributed by atoms with Crippen LogP contribution in [0, 0.1) is 16.7 Å². The maximum Gasteiger partial charge on any atom is 0.338 e. The molecular weight excluding hydrogens is 803 g/mol. The van der Waals surface area contributed by atoms with Gasteiger partial charge in [0.1, 0.15) is 30.0 Å². The van der Waals surface area contributed by atoms with Crippen LogP contribution in [0.25, 0.3) is 0 Å². The number of rotatable bonds is 10. The van der Waals surface area contributed by atoms with Gasteiger partial charge < -0.3 is 49.4 Å². The maximum absolute atomic E-state index is 14.3. The van der Waals surface area contributed by atoms with Crippen LogP contribution < -0.4 is 5.32 Å². The lowest BCUT2D eigenvalue weighted by atomic mass is 9.44. The fraction of sp³-hybridized carbons (Fsp3) is 0.468. The Hall–Kier alpha value is -5.45. The van der Waals surface area contributed by atoms with Crippen LogP contribution in [-0.4, -0.2) is 111 Å². The molecule has 2 bridgehead atoms. The van der Waals surface area contributed by atoms with Gasteiger partial charge >= 0.3 is 23.9 Å². The zero-order valence-corrected chi connectivity index (χ0v) is 35.3. The quantitative estimate of drug-likeness (QED) is 0.112. The third-order valence-corrected chi connectivity index (χ3v) is 13.7. The second-order valence-electron chi connectivity index (χ2n) is 17.6. The van der Waals surface area contributed by atoms with Crippen LogP contribution in [0.4, 0.5) is 0 Å². The summed E-state index contributed by atoms with van der Waals surface area (Å²) in [6, 6.07) is 23.1. The Bertz CT molecular complexity index is 2230. The standard InChI is InChI=1S/C47H53NO14/c1-25-31(60-43(56)36(52)35(28-16-10-7-11-17-28)48-41(54)29-18-12-8-13-19-29)23-47(57)40(61-42(55)30-20-14-9-15-21-30)38-45(6,32(51)22-33-46(38,24-58-33)62-27(3)50)39(53)37(59-26(2)49)34(25)44(47,4)5/h7-21,31-33,35-40,51-53,57H,22-24H2,1-6H3,(H,48,54)/t31-,32-,33+,35-,36+,37-,38-,39-,40-,45+,46-,47+/m0/s1. The summed E-state index contributed by atoms with van der Waals surface area (Å²) < 4.78 is 30.5. The van der Waals surface area contributed by atoms with E-state index in [1.54, 1.807) is 99.6 Å². The van der Waals surface area contributed by atoms with Crippen LogP contribution in [0.2, 0.25) is 0 Å². The average Bonchev–Trinajstić information content (AvgIpc) is 3.24. The Balaban J connectivity index is 1.38. The highest BCUT2D eigenvalue weighted by atomic mass is 16.6. The van der Waals surface area contributed by atoms with E-state index in [1.165, 1.54) is 26.0 Å². The number of esters is 4. The minimum absolute atomic E-state index is 0.0914. The molecule has 15 nitrogen and oxygen atoms in total. The maximum atomic E-state index is 14.3. The zero-order valence-electron chi connectivity index (χ0n) is 35.3. The van der Waals surface area contributed by atoms with Crippen LogP contribution >= 0.6 is 0 Å². The molecule has 15 heteroatoms. The predicted octanol–water partition coefficient (Wildman–Crippen LogP) is 3.53. The molecule has 0 aromatic heterocycles. The number of amides is 1. The molecule has 12 atom stereocenters. The van der Waals surface area contributed by atoms with Crippen molar-refractivity contribution < 1.29 is 68.1 Å². The van der Waals surface area contributed by atoms with Gasteiger partial charge in [-0.2, -0.15) is 0 Å². The molecule has 4 aliphatic rings. The van der Waals surface area contributed by atoms with Gasteiger partial charge in [-0.1, -0.05) is 87.5 Å². The average molecular weight is 856 g/mol. The Labute approximate surface area is 359 Å². The van der Waals surface area contributed by atoms with E-state index in [0.29, 0.717) is 5.56 Å². The molecule has 3 aliphatic carbocycles. The van der Waals surface area contributed by atoms with Gasteiger partial charge in [0.15, 0.2) is 17.8 Å². The summed E-state index contributed by atoms with van der Waals surface area (Å²) in [4.78, 5) is 68.1. The van der Waals surface area contributed by atoms with Gasteiger partial charge in [-0.3, -0.25) is 14.4 Å². The highest BCUT2D eigenvalue weighted by molar-refractivity contribution is 5.95. The fourth-order valence-corrected chi connectivity index (χ4v) is 10.4. The van der Waals surface area contributed by atoms with Crippen molar-refractivity contribution in [1.82, 2.24) is 5.32 Å². The third kappa shape index (κ3) is 7.38. The zero-order chi connectivity index (χ0) is 44.9.